The molecule has 226 valence electrons. The molecule has 1 heterocycles. The molecule has 0 aromatic heterocycles. The number of aliphatic carboxylic acids is 1. The molecule has 1 aliphatic heterocycles. The van der Waals surface area contributed by atoms with Gasteiger partial charge < -0.3 is 36.2 Å². The lowest BCUT2D eigenvalue weighted by atomic mass is 9.94. The van der Waals surface area contributed by atoms with E-state index in [-0.39, 0.29) is 53.5 Å². The Morgan fingerprint density at radius 2 is 1.64 bits per heavy atom. The van der Waals surface area contributed by atoms with Crippen molar-refractivity contribution >= 4 is 29.6 Å². The second-order valence-electron chi connectivity index (χ2n) is 10.4. The molecule has 6 N–H and O–H groups in total. The van der Waals surface area contributed by atoms with Gasteiger partial charge in [-0.15, -0.1) is 0 Å². The number of phenols is 2. The minimum Gasteiger partial charge on any atom is -0.507 e. The third kappa shape index (κ3) is 8.45. The van der Waals surface area contributed by atoms with Gasteiger partial charge in [-0.1, -0.05) is 44.7 Å². The largest absolute Gasteiger partial charge is 0.507 e. The quantitative estimate of drug-likeness (QED) is 0.230. The molecule has 0 spiro atoms. The molecule has 0 radical (unpaired) electrons. The second-order valence-corrected chi connectivity index (χ2v) is 10.4. The fourth-order valence-corrected chi connectivity index (χ4v) is 4.78. The molecule has 2 aromatic carbocycles. The predicted molar refractivity (Wildman–Crippen MR) is 153 cm³/mol. The molecule has 0 aliphatic carbocycles. The summed E-state index contributed by atoms with van der Waals surface area (Å²) in [7, 11) is 1.37. The number of benzene rings is 2. The number of carboxylic acids is 1. The highest BCUT2D eigenvalue weighted by Crippen LogP contribution is 2.38. The summed E-state index contributed by atoms with van der Waals surface area (Å²) < 4.78 is 0. The van der Waals surface area contributed by atoms with Gasteiger partial charge in [0.2, 0.25) is 23.6 Å². The van der Waals surface area contributed by atoms with E-state index in [1.807, 2.05) is 0 Å². The molecule has 2 atom stereocenters. The topological polar surface area (TPSA) is 185 Å². The van der Waals surface area contributed by atoms with Crippen LogP contribution >= 0.6 is 0 Å². The fraction of sp³-hybridized carbons (Fsp3) is 0.433. The van der Waals surface area contributed by atoms with Crippen LogP contribution in [0, 0.1) is 0 Å². The van der Waals surface area contributed by atoms with Crippen molar-refractivity contribution in [3.05, 3.63) is 47.5 Å². The van der Waals surface area contributed by atoms with Gasteiger partial charge in [-0.25, -0.2) is 4.79 Å². The summed E-state index contributed by atoms with van der Waals surface area (Å²) in [4.78, 5) is 64.3. The van der Waals surface area contributed by atoms with Crippen molar-refractivity contribution in [1.29, 1.82) is 0 Å². The van der Waals surface area contributed by atoms with E-state index in [0.717, 1.165) is 30.6 Å². The van der Waals surface area contributed by atoms with E-state index in [1.165, 1.54) is 43.4 Å². The lowest BCUT2D eigenvalue weighted by Crippen LogP contribution is -2.49. The monoisotopic (exact) mass is 582 g/mol. The van der Waals surface area contributed by atoms with E-state index >= 15 is 0 Å². The first-order valence-electron chi connectivity index (χ1n) is 14.0. The van der Waals surface area contributed by atoms with Gasteiger partial charge in [0.05, 0.1) is 13.1 Å². The van der Waals surface area contributed by atoms with Crippen LogP contribution < -0.4 is 16.0 Å². The van der Waals surface area contributed by atoms with E-state index < -0.39 is 42.3 Å². The van der Waals surface area contributed by atoms with Crippen LogP contribution in [0.25, 0.3) is 11.1 Å². The van der Waals surface area contributed by atoms with Gasteiger partial charge in [0.25, 0.3) is 0 Å². The van der Waals surface area contributed by atoms with E-state index in [1.54, 1.807) is 0 Å². The molecule has 0 saturated carbocycles. The number of unbranched alkanes of at least 4 members (excludes halogenated alkanes) is 4. The number of hydrogen-bond donors (Lipinski definition) is 6. The van der Waals surface area contributed by atoms with Crippen molar-refractivity contribution < 1.29 is 39.3 Å². The summed E-state index contributed by atoms with van der Waals surface area (Å²) in [5, 5.41) is 38.3. The number of amides is 4. The number of carboxylic acid groups (broad SMARTS) is 1. The Labute approximate surface area is 244 Å². The summed E-state index contributed by atoms with van der Waals surface area (Å²) in [6.45, 7) is 1.19. The van der Waals surface area contributed by atoms with Crippen LogP contribution in [0.4, 0.5) is 0 Å². The zero-order valence-corrected chi connectivity index (χ0v) is 23.8. The first kappa shape index (κ1) is 31.9. The van der Waals surface area contributed by atoms with E-state index in [9.17, 15) is 39.3 Å². The van der Waals surface area contributed by atoms with Crippen molar-refractivity contribution in [1.82, 2.24) is 20.9 Å². The Bertz CT molecular complexity index is 1330. The van der Waals surface area contributed by atoms with Crippen LogP contribution in [-0.2, 0) is 30.4 Å². The molecule has 2 aromatic rings. The summed E-state index contributed by atoms with van der Waals surface area (Å²) in [6.07, 6.45) is 5.00. The van der Waals surface area contributed by atoms with E-state index in [4.69, 9.17) is 0 Å². The van der Waals surface area contributed by atoms with Crippen molar-refractivity contribution in [2.75, 3.05) is 20.1 Å². The van der Waals surface area contributed by atoms with Crippen LogP contribution in [0.15, 0.2) is 36.4 Å². The van der Waals surface area contributed by atoms with Gasteiger partial charge in [-0.05, 0) is 41.8 Å². The van der Waals surface area contributed by atoms with Gasteiger partial charge in [0.15, 0.2) is 0 Å². The standard InChI is InChI=1S/C30H38N4O8/c1-3-4-5-6-7-8-25(37)31-17-27(39)34(2)28-19-10-12-24(36)21(15-19)20-13-18(9-11-23(20)35)14-22(30(41)42)33-26(38)16-32-29(28)40/h9-13,15,22,28,35-36H,3-8,14,16-17H2,1-2H3,(H,31,37)(H,32,40)(H,33,38)(H,41,42). The maximum absolute atomic E-state index is 13.4. The second kappa shape index (κ2) is 14.9. The van der Waals surface area contributed by atoms with Gasteiger partial charge in [0, 0.05) is 31.0 Å². The molecule has 0 fully saturated rings. The zero-order valence-electron chi connectivity index (χ0n) is 23.8. The average Bonchev–Trinajstić information content (AvgIpc) is 2.95. The summed E-state index contributed by atoms with van der Waals surface area (Å²) in [6, 6.07) is 5.91. The Morgan fingerprint density at radius 1 is 0.976 bits per heavy atom. The van der Waals surface area contributed by atoms with Gasteiger partial charge >= 0.3 is 5.97 Å². The predicted octanol–water partition coefficient (Wildman–Crippen LogP) is 1.98. The zero-order chi connectivity index (χ0) is 30.8. The minimum atomic E-state index is -1.33. The number of aromatic hydroxyl groups is 2. The summed E-state index contributed by atoms with van der Waals surface area (Å²) in [5.41, 5.74) is 1.05. The van der Waals surface area contributed by atoms with Crippen molar-refractivity contribution in [3.63, 3.8) is 0 Å². The van der Waals surface area contributed by atoms with Gasteiger partial charge in [0.1, 0.15) is 23.6 Å². The lowest BCUT2D eigenvalue weighted by molar-refractivity contribution is -0.142. The molecule has 12 nitrogen and oxygen atoms in total. The van der Waals surface area contributed by atoms with Crippen molar-refractivity contribution in [2.24, 2.45) is 0 Å². The third-order valence-corrected chi connectivity index (χ3v) is 7.16. The van der Waals surface area contributed by atoms with E-state index in [2.05, 4.69) is 22.9 Å². The number of nitrogens with one attached hydrogen (secondary N) is 3. The molecule has 4 amide bonds. The molecule has 12 heteroatoms. The summed E-state index contributed by atoms with van der Waals surface area (Å²) in [5.74, 6) is -4.09. The number of likely N-dealkylation sites (N-methyl/N-ethyl adjacent to an activating group) is 1. The number of fused-ring (bicyclic) bond motifs is 5. The molecule has 3 rings (SSSR count). The molecular weight excluding hydrogens is 544 g/mol. The number of nitrogens with zero attached hydrogens (tertiary/aromatic N) is 1. The highest BCUT2D eigenvalue weighted by atomic mass is 16.4. The van der Waals surface area contributed by atoms with Crippen LogP contribution in [-0.4, -0.2) is 76.0 Å². The highest BCUT2D eigenvalue weighted by molar-refractivity contribution is 5.94. The minimum absolute atomic E-state index is 0.118. The lowest BCUT2D eigenvalue weighted by Gasteiger charge is -2.28. The number of hydrogen-bond acceptors (Lipinski definition) is 7. The Balaban J connectivity index is 1.91. The van der Waals surface area contributed by atoms with Crippen molar-refractivity contribution in [2.45, 2.75) is 64.0 Å². The number of carbonyl (C=O) groups excluding carboxylic acids is 4. The molecule has 1 aliphatic rings. The van der Waals surface area contributed by atoms with Gasteiger partial charge in [-0.3, -0.25) is 19.2 Å². The Hall–Kier alpha value is -4.61. The highest BCUT2D eigenvalue weighted by Gasteiger charge is 2.31. The number of carbonyl (C=O) groups is 5. The van der Waals surface area contributed by atoms with Crippen molar-refractivity contribution in [3.8, 4) is 22.6 Å². The van der Waals surface area contributed by atoms with Crippen LogP contribution in [0.1, 0.15) is 62.6 Å². The number of rotatable bonds is 10. The maximum Gasteiger partial charge on any atom is 0.326 e. The fourth-order valence-electron chi connectivity index (χ4n) is 4.78. The van der Waals surface area contributed by atoms with Crippen LogP contribution in [0.3, 0.4) is 0 Å². The smallest absolute Gasteiger partial charge is 0.326 e. The maximum atomic E-state index is 13.4. The van der Waals surface area contributed by atoms with Gasteiger partial charge in [-0.2, -0.15) is 0 Å². The first-order chi connectivity index (χ1) is 20.0. The molecular formula is C30H38N4O8. The van der Waals surface area contributed by atoms with E-state index in [0.29, 0.717) is 12.0 Å². The Kier molecular flexibility index (Phi) is 11.3. The summed E-state index contributed by atoms with van der Waals surface area (Å²) >= 11 is 0. The molecule has 42 heavy (non-hydrogen) atoms. The molecule has 0 saturated heterocycles. The third-order valence-electron chi connectivity index (χ3n) is 7.16. The van der Waals surface area contributed by atoms with Crippen LogP contribution in [0.2, 0.25) is 0 Å². The average molecular weight is 583 g/mol. The normalized spacial score (nSPS) is 16.9. The Morgan fingerprint density at radius 3 is 2.33 bits per heavy atom. The number of phenolic OH excluding ortho intramolecular Hbond substituents is 2. The SMILES string of the molecule is CCCCCCCC(=O)NCC(=O)N(C)C1C(=O)NCC(=O)NC(C(=O)O)Cc2ccc(O)c(c2)-c2cc1ccc2O. The molecule has 2 unspecified atom stereocenters. The molecule has 4 bridgehead atoms. The van der Waals surface area contributed by atoms with Crippen LogP contribution in [0.5, 0.6) is 11.5 Å². The first-order valence-corrected chi connectivity index (χ1v) is 14.0.